The molecule has 1 aliphatic heterocycles. The maximum Gasteiger partial charge on any atom is 0.270 e. The van der Waals surface area contributed by atoms with Crippen molar-refractivity contribution in [3.05, 3.63) is 46.2 Å². The molecule has 25 heavy (non-hydrogen) atoms. The molecule has 0 aliphatic carbocycles. The number of nitrogen functional groups attached to an aromatic ring is 1. The summed E-state index contributed by atoms with van der Waals surface area (Å²) < 4.78 is 0.503. The zero-order chi connectivity index (χ0) is 17.6. The van der Waals surface area contributed by atoms with Gasteiger partial charge in [0.15, 0.2) is 0 Å². The number of hydrogen-bond donors (Lipinski definition) is 3. The van der Waals surface area contributed by atoms with Gasteiger partial charge in [-0.1, -0.05) is 12.1 Å². The van der Waals surface area contributed by atoms with E-state index in [4.69, 9.17) is 5.73 Å². The highest BCUT2D eigenvalue weighted by Crippen LogP contribution is 2.31. The zero-order valence-electron chi connectivity index (χ0n) is 13.2. The zero-order valence-corrected chi connectivity index (χ0v) is 14.0. The Morgan fingerprint density at radius 1 is 1.40 bits per heavy atom. The van der Waals surface area contributed by atoms with Crippen molar-refractivity contribution in [3.63, 3.8) is 0 Å². The summed E-state index contributed by atoms with van der Waals surface area (Å²) in [6.45, 7) is 0.927. The second kappa shape index (κ2) is 5.98. The monoisotopic (exact) mass is 356 g/mol. The first-order valence-corrected chi connectivity index (χ1v) is 8.70. The molecule has 0 bridgehead atoms. The van der Waals surface area contributed by atoms with E-state index in [1.165, 1.54) is 11.3 Å². The predicted molar refractivity (Wildman–Crippen MR) is 96.6 cm³/mol. The maximum atomic E-state index is 12.6. The number of nitrogens with two attached hydrogens (primary N) is 1. The van der Waals surface area contributed by atoms with Gasteiger partial charge in [0.1, 0.15) is 4.70 Å². The van der Waals surface area contributed by atoms with Gasteiger partial charge < -0.3 is 15.7 Å². The van der Waals surface area contributed by atoms with Crippen LogP contribution in [-0.4, -0.2) is 45.1 Å². The molecule has 0 saturated carbocycles. The van der Waals surface area contributed by atoms with Crippen molar-refractivity contribution in [1.82, 2.24) is 14.9 Å². The Labute approximate surface area is 146 Å². The first kappa shape index (κ1) is 15.8. The number of aliphatic hydroxyl groups excluding tert-OH is 1. The molecule has 1 unspecified atom stereocenters. The molecule has 0 radical (unpaired) electrons. The standard InChI is InChI=1S/C17H16N4O3S/c18-17-19-12-7-13(25-14(12)15(23)20-17)9-2-1-3-10(6-9)16(24)21-5-4-11(22)8-21/h1-3,6-7,11,22H,4-5,8H2,(H3,18,19,20,23). The molecule has 3 heterocycles. The van der Waals surface area contributed by atoms with Crippen molar-refractivity contribution in [1.29, 1.82) is 0 Å². The molecule has 7 nitrogen and oxygen atoms in total. The largest absolute Gasteiger partial charge is 0.391 e. The number of hydrogen-bond acceptors (Lipinski definition) is 6. The molecule has 0 spiro atoms. The van der Waals surface area contributed by atoms with Crippen LogP contribution in [0.25, 0.3) is 20.7 Å². The van der Waals surface area contributed by atoms with Gasteiger partial charge in [-0.15, -0.1) is 11.3 Å². The lowest BCUT2D eigenvalue weighted by molar-refractivity contribution is 0.0765. The fourth-order valence-corrected chi connectivity index (χ4v) is 4.00. The van der Waals surface area contributed by atoms with Crippen LogP contribution in [0.2, 0.25) is 0 Å². The SMILES string of the molecule is Nc1nc2cc(-c3cccc(C(=O)N4CCC(O)C4)c3)sc2c(=O)[nH]1. The minimum Gasteiger partial charge on any atom is -0.391 e. The molecule has 4 rings (SSSR count). The number of anilines is 1. The number of thiophene rings is 1. The van der Waals surface area contributed by atoms with E-state index < -0.39 is 6.10 Å². The van der Waals surface area contributed by atoms with Crippen molar-refractivity contribution >= 4 is 33.4 Å². The second-order valence-corrected chi connectivity index (χ2v) is 7.10. The molecule has 1 saturated heterocycles. The number of fused-ring (bicyclic) bond motifs is 1. The van der Waals surface area contributed by atoms with Crippen LogP contribution < -0.4 is 11.3 Å². The van der Waals surface area contributed by atoms with E-state index in [2.05, 4.69) is 9.97 Å². The van der Waals surface area contributed by atoms with Gasteiger partial charge in [-0.3, -0.25) is 14.6 Å². The van der Waals surface area contributed by atoms with E-state index >= 15 is 0 Å². The molecule has 1 atom stereocenters. The summed E-state index contributed by atoms with van der Waals surface area (Å²) in [4.78, 5) is 33.7. The van der Waals surface area contributed by atoms with Gasteiger partial charge in [0.2, 0.25) is 5.95 Å². The Morgan fingerprint density at radius 2 is 2.24 bits per heavy atom. The van der Waals surface area contributed by atoms with Crippen LogP contribution in [0, 0.1) is 0 Å². The van der Waals surface area contributed by atoms with Gasteiger partial charge in [0, 0.05) is 23.5 Å². The molecule has 1 aromatic carbocycles. The van der Waals surface area contributed by atoms with Crippen molar-refractivity contribution in [2.24, 2.45) is 0 Å². The molecular formula is C17H16N4O3S. The molecule has 1 fully saturated rings. The number of aromatic amines is 1. The first-order valence-electron chi connectivity index (χ1n) is 7.88. The molecule has 1 aliphatic rings. The molecule has 128 valence electrons. The van der Waals surface area contributed by atoms with Crippen molar-refractivity contribution < 1.29 is 9.90 Å². The number of carbonyl (C=O) groups is 1. The van der Waals surface area contributed by atoms with E-state index in [0.717, 1.165) is 10.4 Å². The van der Waals surface area contributed by atoms with Crippen LogP contribution in [0.15, 0.2) is 35.1 Å². The Morgan fingerprint density at radius 3 is 3.00 bits per heavy atom. The van der Waals surface area contributed by atoms with Crippen molar-refractivity contribution in [2.45, 2.75) is 12.5 Å². The lowest BCUT2D eigenvalue weighted by atomic mass is 10.1. The number of H-pyrrole nitrogens is 1. The van der Waals surface area contributed by atoms with E-state index in [1.54, 1.807) is 23.1 Å². The van der Waals surface area contributed by atoms with Gasteiger partial charge in [0.25, 0.3) is 11.5 Å². The third-order valence-electron chi connectivity index (χ3n) is 4.25. The number of benzene rings is 1. The Bertz CT molecular complexity index is 1030. The Kier molecular flexibility index (Phi) is 3.78. The van der Waals surface area contributed by atoms with Gasteiger partial charge in [0.05, 0.1) is 11.6 Å². The molecule has 4 N–H and O–H groups in total. The lowest BCUT2D eigenvalue weighted by Crippen LogP contribution is -2.29. The molecule has 2 aromatic heterocycles. The smallest absolute Gasteiger partial charge is 0.270 e. The summed E-state index contributed by atoms with van der Waals surface area (Å²) in [5, 5.41) is 9.62. The van der Waals surface area contributed by atoms with Gasteiger partial charge in [-0.2, -0.15) is 0 Å². The highest BCUT2D eigenvalue weighted by molar-refractivity contribution is 7.22. The molecular weight excluding hydrogens is 340 g/mol. The number of aromatic nitrogens is 2. The third kappa shape index (κ3) is 2.90. The topological polar surface area (TPSA) is 112 Å². The van der Waals surface area contributed by atoms with Crippen LogP contribution in [0.5, 0.6) is 0 Å². The summed E-state index contributed by atoms with van der Waals surface area (Å²) in [5.41, 5.74) is 7.26. The summed E-state index contributed by atoms with van der Waals surface area (Å²) >= 11 is 1.31. The number of rotatable bonds is 2. The third-order valence-corrected chi connectivity index (χ3v) is 5.42. The first-order chi connectivity index (χ1) is 12.0. The summed E-state index contributed by atoms with van der Waals surface area (Å²) in [6.07, 6.45) is 0.162. The maximum absolute atomic E-state index is 12.6. The predicted octanol–water partition coefficient (Wildman–Crippen LogP) is 1.44. The van der Waals surface area contributed by atoms with Crippen LogP contribution in [0.1, 0.15) is 16.8 Å². The number of aliphatic hydroxyl groups is 1. The number of amides is 1. The summed E-state index contributed by atoms with van der Waals surface area (Å²) in [6, 6.07) is 9.06. The van der Waals surface area contributed by atoms with Crippen LogP contribution >= 0.6 is 11.3 Å². The average molecular weight is 356 g/mol. The number of carbonyl (C=O) groups excluding carboxylic acids is 1. The summed E-state index contributed by atoms with van der Waals surface area (Å²) in [5.74, 6) is -0.0157. The van der Waals surface area contributed by atoms with Crippen molar-refractivity contribution in [2.75, 3.05) is 18.8 Å². The van der Waals surface area contributed by atoms with Crippen LogP contribution in [-0.2, 0) is 0 Å². The summed E-state index contributed by atoms with van der Waals surface area (Å²) in [7, 11) is 0. The molecule has 1 amide bonds. The number of nitrogens with one attached hydrogen (secondary N) is 1. The normalized spacial score (nSPS) is 17.3. The van der Waals surface area contributed by atoms with E-state index in [-0.39, 0.29) is 17.4 Å². The van der Waals surface area contributed by atoms with E-state index in [1.807, 2.05) is 12.1 Å². The van der Waals surface area contributed by atoms with Gasteiger partial charge >= 0.3 is 0 Å². The Hall–Kier alpha value is -2.71. The number of β-amino-alcohol motifs (C(OH)–C–C–N with tert-alkyl or cyclic N) is 1. The van der Waals surface area contributed by atoms with Gasteiger partial charge in [-0.25, -0.2) is 4.98 Å². The highest BCUT2D eigenvalue weighted by atomic mass is 32.1. The van der Waals surface area contributed by atoms with E-state index in [0.29, 0.717) is 35.3 Å². The minimum atomic E-state index is -0.446. The molecule has 8 heteroatoms. The number of nitrogens with zero attached hydrogens (tertiary/aromatic N) is 2. The van der Waals surface area contributed by atoms with Crippen molar-refractivity contribution in [3.8, 4) is 10.4 Å². The second-order valence-electron chi connectivity index (χ2n) is 6.05. The fourth-order valence-electron chi connectivity index (χ4n) is 3.01. The highest BCUT2D eigenvalue weighted by Gasteiger charge is 2.25. The van der Waals surface area contributed by atoms with E-state index in [9.17, 15) is 14.7 Å². The molecule has 3 aromatic rings. The number of likely N-dealkylation sites (tertiary alicyclic amines) is 1. The quantitative estimate of drug-likeness (QED) is 0.643. The fraction of sp³-hybridized carbons (Fsp3) is 0.235. The Balaban J connectivity index is 1.71. The average Bonchev–Trinajstić information content (AvgIpc) is 3.21. The minimum absolute atomic E-state index is 0.0818. The van der Waals surface area contributed by atoms with Gasteiger partial charge in [-0.05, 0) is 30.2 Å². The lowest BCUT2D eigenvalue weighted by Gasteiger charge is -2.15. The van der Waals surface area contributed by atoms with Crippen LogP contribution in [0.3, 0.4) is 0 Å². The van der Waals surface area contributed by atoms with Crippen LogP contribution in [0.4, 0.5) is 5.95 Å².